The molecule has 0 heterocycles. The number of carbonyl (C=O) groups excluding carboxylic acids is 2. The number of halogens is 1. The van der Waals surface area contributed by atoms with Crippen LogP contribution in [-0.4, -0.2) is 25.4 Å². The van der Waals surface area contributed by atoms with Crippen molar-refractivity contribution in [2.75, 3.05) is 13.6 Å². The van der Waals surface area contributed by atoms with Crippen molar-refractivity contribution in [1.29, 1.82) is 0 Å². The van der Waals surface area contributed by atoms with Crippen LogP contribution in [0, 0.1) is 12.3 Å². The van der Waals surface area contributed by atoms with E-state index >= 15 is 0 Å². The van der Waals surface area contributed by atoms with Gasteiger partial charge in [0.1, 0.15) is 0 Å². The Morgan fingerprint density at radius 1 is 1.32 bits per heavy atom. The summed E-state index contributed by atoms with van der Waals surface area (Å²) in [6.07, 6.45) is 0. The average molecular weight is 327 g/mol. The van der Waals surface area contributed by atoms with E-state index in [9.17, 15) is 9.59 Å². The van der Waals surface area contributed by atoms with Gasteiger partial charge in [0.25, 0.3) is 5.91 Å². The minimum atomic E-state index is -0.635. The normalized spacial score (nSPS) is 11.0. The largest absolute Gasteiger partial charge is 0.359 e. The van der Waals surface area contributed by atoms with Crippen LogP contribution in [-0.2, 0) is 4.79 Å². The number of hydrogen-bond acceptors (Lipinski definition) is 2. The van der Waals surface area contributed by atoms with Crippen molar-refractivity contribution in [1.82, 2.24) is 10.6 Å². The van der Waals surface area contributed by atoms with Gasteiger partial charge in [0.05, 0.1) is 5.41 Å². The predicted molar refractivity (Wildman–Crippen MR) is 79.1 cm³/mol. The lowest BCUT2D eigenvalue weighted by molar-refractivity contribution is -0.128. The Hall–Kier alpha value is -1.36. The highest BCUT2D eigenvalue weighted by Crippen LogP contribution is 2.17. The van der Waals surface area contributed by atoms with Gasteiger partial charge in [-0.25, -0.2) is 0 Å². The number of nitrogens with one attached hydrogen (secondary N) is 2. The van der Waals surface area contributed by atoms with E-state index in [1.165, 1.54) is 0 Å². The average Bonchev–Trinajstić information content (AvgIpc) is 2.37. The number of rotatable bonds is 4. The fraction of sp³-hybridized carbons (Fsp3) is 0.429. The summed E-state index contributed by atoms with van der Waals surface area (Å²) in [5.41, 5.74) is 0.880. The van der Waals surface area contributed by atoms with Gasteiger partial charge in [-0.3, -0.25) is 9.59 Å². The van der Waals surface area contributed by atoms with Crippen LogP contribution in [0.5, 0.6) is 0 Å². The van der Waals surface area contributed by atoms with Crippen molar-refractivity contribution in [3.63, 3.8) is 0 Å². The first-order valence-electron chi connectivity index (χ1n) is 6.04. The first-order chi connectivity index (χ1) is 8.77. The van der Waals surface area contributed by atoms with Crippen LogP contribution in [0.2, 0.25) is 0 Å². The van der Waals surface area contributed by atoms with E-state index in [4.69, 9.17) is 0 Å². The van der Waals surface area contributed by atoms with Crippen molar-refractivity contribution in [3.8, 4) is 0 Å². The molecule has 5 heteroatoms. The van der Waals surface area contributed by atoms with Crippen LogP contribution in [0.4, 0.5) is 0 Å². The highest BCUT2D eigenvalue weighted by molar-refractivity contribution is 9.10. The molecule has 0 saturated heterocycles. The van der Waals surface area contributed by atoms with Crippen LogP contribution >= 0.6 is 15.9 Å². The van der Waals surface area contributed by atoms with Gasteiger partial charge >= 0.3 is 0 Å². The number of hydrogen-bond donors (Lipinski definition) is 2. The lowest BCUT2D eigenvalue weighted by Gasteiger charge is -2.23. The second kappa shape index (κ2) is 6.19. The smallest absolute Gasteiger partial charge is 0.251 e. The molecule has 0 unspecified atom stereocenters. The Bertz CT molecular complexity index is 498. The summed E-state index contributed by atoms with van der Waals surface area (Å²) in [5, 5.41) is 5.39. The molecule has 2 N–H and O–H groups in total. The van der Waals surface area contributed by atoms with Crippen LogP contribution in [0.25, 0.3) is 0 Å². The third kappa shape index (κ3) is 4.06. The van der Waals surface area contributed by atoms with Crippen LogP contribution in [0.1, 0.15) is 29.8 Å². The zero-order valence-corrected chi connectivity index (χ0v) is 13.2. The molecule has 4 nitrogen and oxygen atoms in total. The van der Waals surface area contributed by atoms with E-state index in [2.05, 4.69) is 26.6 Å². The molecule has 104 valence electrons. The Balaban J connectivity index is 2.76. The van der Waals surface area contributed by atoms with E-state index in [-0.39, 0.29) is 18.4 Å². The van der Waals surface area contributed by atoms with Crippen molar-refractivity contribution < 1.29 is 9.59 Å². The zero-order chi connectivity index (χ0) is 14.6. The van der Waals surface area contributed by atoms with Gasteiger partial charge < -0.3 is 10.6 Å². The summed E-state index contributed by atoms with van der Waals surface area (Å²) in [6, 6.07) is 5.54. The summed E-state index contributed by atoms with van der Waals surface area (Å²) in [5.74, 6) is -0.269. The standard InChI is InChI=1S/C14H19BrN2O2/c1-9-5-6-10(15)7-11(9)12(18)17-8-14(2,3)13(19)16-4/h5-7H,8H2,1-4H3,(H,16,19)(H,17,18). The molecule has 0 aromatic heterocycles. The Labute approximate surface area is 122 Å². The third-order valence-corrected chi connectivity index (χ3v) is 3.47. The third-order valence-electron chi connectivity index (χ3n) is 2.98. The molecule has 0 spiro atoms. The molecular weight excluding hydrogens is 308 g/mol. The molecule has 0 aliphatic rings. The van der Waals surface area contributed by atoms with Crippen molar-refractivity contribution in [2.45, 2.75) is 20.8 Å². The fourth-order valence-electron chi connectivity index (χ4n) is 1.65. The molecule has 0 bridgehead atoms. The quantitative estimate of drug-likeness (QED) is 0.891. The van der Waals surface area contributed by atoms with Gasteiger partial charge in [-0.2, -0.15) is 0 Å². The van der Waals surface area contributed by atoms with Gasteiger partial charge in [0.2, 0.25) is 5.91 Å². The maximum absolute atomic E-state index is 12.1. The number of benzene rings is 1. The Kier molecular flexibility index (Phi) is 5.11. The summed E-state index contributed by atoms with van der Waals surface area (Å²) in [4.78, 5) is 23.7. The van der Waals surface area contributed by atoms with Gasteiger partial charge in [0, 0.05) is 23.6 Å². The molecule has 0 radical (unpaired) electrons. The van der Waals surface area contributed by atoms with E-state index in [1.807, 2.05) is 19.1 Å². The highest BCUT2D eigenvalue weighted by Gasteiger charge is 2.27. The summed E-state index contributed by atoms with van der Waals surface area (Å²) < 4.78 is 0.855. The van der Waals surface area contributed by atoms with Gasteiger partial charge in [-0.1, -0.05) is 22.0 Å². The van der Waals surface area contributed by atoms with Crippen LogP contribution in [0.3, 0.4) is 0 Å². The molecule has 1 rings (SSSR count). The minimum Gasteiger partial charge on any atom is -0.359 e. The molecule has 0 fully saturated rings. The molecule has 19 heavy (non-hydrogen) atoms. The predicted octanol–water partition coefficient (Wildman–Crippen LogP) is 2.26. The lowest BCUT2D eigenvalue weighted by Crippen LogP contribution is -2.43. The SMILES string of the molecule is CNC(=O)C(C)(C)CNC(=O)c1cc(Br)ccc1C. The second-order valence-corrected chi connectivity index (χ2v) is 6.02. The number of amides is 2. The lowest BCUT2D eigenvalue weighted by atomic mass is 9.92. The second-order valence-electron chi connectivity index (χ2n) is 5.10. The number of carbonyl (C=O) groups is 2. The first kappa shape index (κ1) is 15.7. The van der Waals surface area contributed by atoms with E-state index in [0.29, 0.717) is 5.56 Å². The molecule has 0 atom stereocenters. The zero-order valence-electron chi connectivity index (χ0n) is 11.6. The Morgan fingerprint density at radius 2 is 1.95 bits per heavy atom. The maximum atomic E-state index is 12.1. The highest BCUT2D eigenvalue weighted by atomic mass is 79.9. The van der Waals surface area contributed by atoms with Crippen LogP contribution < -0.4 is 10.6 Å². The molecule has 0 aliphatic carbocycles. The molecule has 1 aromatic rings. The summed E-state index contributed by atoms with van der Waals surface area (Å²) in [6.45, 7) is 5.75. The van der Waals surface area contributed by atoms with E-state index < -0.39 is 5.41 Å². The van der Waals surface area contributed by atoms with Crippen molar-refractivity contribution >= 4 is 27.7 Å². The fourth-order valence-corrected chi connectivity index (χ4v) is 2.02. The molecule has 0 aliphatic heterocycles. The van der Waals surface area contributed by atoms with Gasteiger partial charge in [-0.05, 0) is 38.5 Å². The maximum Gasteiger partial charge on any atom is 0.251 e. The van der Waals surface area contributed by atoms with E-state index in [0.717, 1.165) is 10.0 Å². The molecular formula is C14H19BrN2O2. The monoisotopic (exact) mass is 326 g/mol. The molecule has 2 amide bonds. The van der Waals surface area contributed by atoms with Crippen LogP contribution in [0.15, 0.2) is 22.7 Å². The minimum absolute atomic E-state index is 0.0984. The van der Waals surface area contributed by atoms with Gasteiger partial charge in [-0.15, -0.1) is 0 Å². The Morgan fingerprint density at radius 3 is 2.53 bits per heavy atom. The first-order valence-corrected chi connectivity index (χ1v) is 6.84. The summed E-state index contributed by atoms with van der Waals surface area (Å²) >= 11 is 3.35. The van der Waals surface area contributed by atoms with Crippen molar-refractivity contribution in [2.24, 2.45) is 5.41 Å². The van der Waals surface area contributed by atoms with Gasteiger partial charge in [0.15, 0.2) is 0 Å². The summed E-state index contributed by atoms with van der Waals surface area (Å²) in [7, 11) is 1.59. The van der Waals surface area contributed by atoms with Crippen molar-refractivity contribution in [3.05, 3.63) is 33.8 Å². The molecule has 1 aromatic carbocycles. The number of aryl methyl sites for hydroxylation is 1. The van der Waals surface area contributed by atoms with E-state index in [1.54, 1.807) is 27.0 Å². The topological polar surface area (TPSA) is 58.2 Å². The molecule has 0 saturated carbocycles.